The van der Waals surface area contributed by atoms with Gasteiger partial charge in [-0.1, -0.05) is 18.3 Å². The maximum atomic E-state index is 11.7. The van der Waals surface area contributed by atoms with Crippen molar-refractivity contribution < 1.29 is 14.3 Å². The number of hydrogen-bond acceptors (Lipinski definition) is 6. The Kier molecular flexibility index (Phi) is 5.47. The number of carbonyl (C=O) groups excluding carboxylic acids is 2. The summed E-state index contributed by atoms with van der Waals surface area (Å²) in [4.78, 5) is 30.0. The highest BCUT2D eigenvalue weighted by Crippen LogP contribution is 2.29. The minimum Gasteiger partial charge on any atom is -0.464 e. The summed E-state index contributed by atoms with van der Waals surface area (Å²) in [6.45, 7) is 8.42. The number of esters is 1. The van der Waals surface area contributed by atoms with Crippen LogP contribution in [-0.2, 0) is 4.74 Å². The smallest absolute Gasteiger partial charge is 0.358 e. The number of aromatic nitrogens is 1. The number of rotatable bonds is 6. The molecule has 5 nitrogen and oxygen atoms in total. The van der Waals surface area contributed by atoms with E-state index in [0.29, 0.717) is 16.1 Å². The lowest BCUT2D eigenvalue weighted by atomic mass is 10.2. The molecular weight excluding hydrogens is 264 g/mol. The Morgan fingerprint density at radius 3 is 2.47 bits per heavy atom. The summed E-state index contributed by atoms with van der Waals surface area (Å²) < 4.78 is 4.68. The van der Waals surface area contributed by atoms with E-state index in [1.807, 2.05) is 6.92 Å². The van der Waals surface area contributed by atoms with Gasteiger partial charge in [-0.15, -0.1) is 0 Å². The zero-order chi connectivity index (χ0) is 14.6. The van der Waals surface area contributed by atoms with Crippen molar-refractivity contribution in [1.82, 2.24) is 4.98 Å². The molecule has 1 unspecified atom stereocenters. The maximum Gasteiger partial charge on any atom is 0.358 e. The van der Waals surface area contributed by atoms with Crippen LogP contribution in [0.4, 0.5) is 5.13 Å². The summed E-state index contributed by atoms with van der Waals surface area (Å²) in [5, 5.41) is 0.697. The molecule has 0 bridgehead atoms. The first-order valence-electron chi connectivity index (χ1n) is 6.32. The molecule has 0 radical (unpaired) electrons. The molecule has 1 aromatic rings. The predicted molar refractivity (Wildman–Crippen MR) is 76.2 cm³/mol. The summed E-state index contributed by atoms with van der Waals surface area (Å²) in [6, 6.07) is 0.307. The van der Waals surface area contributed by atoms with Gasteiger partial charge in [-0.25, -0.2) is 9.78 Å². The van der Waals surface area contributed by atoms with E-state index in [-0.39, 0.29) is 11.5 Å². The van der Waals surface area contributed by atoms with Gasteiger partial charge in [-0.05, 0) is 20.3 Å². The fraction of sp³-hybridized carbons (Fsp3) is 0.615. The van der Waals surface area contributed by atoms with Gasteiger partial charge >= 0.3 is 5.97 Å². The van der Waals surface area contributed by atoms with Gasteiger partial charge in [-0.2, -0.15) is 0 Å². The number of thiazole rings is 1. The first kappa shape index (κ1) is 15.6. The molecule has 0 amide bonds. The molecule has 0 aliphatic rings. The predicted octanol–water partition coefficient (Wildman–Crippen LogP) is 2.76. The van der Waals surface area contributed by atoms with E-state index in [2.05, 4.69) is 28.5 Å². The first-order chi connectivity index (χ1) is 8.96. The average molecular weight is 284 g/mol. The molecule has 1 rings (SSSR count). The van der Waals surface area contributed by atoms with Crippen LogP contribution in [0.15, 0.2) is 0 Å². The zero-order valence-electron chi connectivity index (χ0n) is 12.0. The number of anilines is 1. The number of carbonyl (C=O) groups is 2. The van der Waals surface area contributed by atoms with Gasteiger partial charge in [0.25, 0.3) is 0 Å². The standard InChI is InChI=1S/C13H20N2O3S/c1-6-8(3)15(7-2)13-14-10(12(17)18-5)11(19-13)9(4)16/h8H,6-7H2,1-5H3. The van der Waals surface area contributed by atoms with Crippen LogP contribution in [0.1, 0.15) is 54.3 Å². The Bertz CT molecular complexity index is 470. The Morgan fingerprint density at radius 2 is 2.05 bits per heavy atom. The van der Waals surface area contributed by atoms with E-state index < -0.39 is 5.97 Å². The van der Waals surface area contributed by atoms with E-state index in [4.69, 9.17) is 0 Å². The molecule has 1 atom stereocenters. The van der Waals surface area contributed by atoms with Gasteiger partial charge in [-0.3, -0.25) is 4.79 Å². The highest BCUT2D eigenvalue weighted by atomic mass is 32.1. The molecule has 6 heteroatoms. The molecule has 1 heterocycles. The first-order valence-corrected chi connectivity index (χ1v) is 7.14. The number of ketones is 1. The number of ether oxygens (including phenoxy) is 1. The lowest BCUT2D eigenvalue weighted by Gasteiger charge is -2.26. The van der Waals surface area contributed by atoms with E-state index in [9.17, 15) is 9.59 Å². The van der Waals surface area contributed by atoms with E-state index in [1.165, 1.54) is 25.4 Å². The highest BCUT2D eigenvalue weighted by Gasteiger charge is 2.25. The minimum atomic E-state index is -0.562. The van der Waals surface area contributed by atoms with Crippen LogP contribution >= 0.6 is 11.3 Å². The molecule has 1 aromatic heterocycles. The molecule has 0 fully saturated rings. The van der Waals surface area contributed by atoms with Crippen molar-refractivity contribution in [2.45, 2.75) is 40.2 Å². The van der Waals surface area contributed by atoms with Crippen LogP contribution < -0.4 is 4.90 Å². The average Bonchev–Trinajstić information content (AvgIpc) is 2.83. The van der Waals surface area contributed by atoms with Gasteiger partial charge in [0.1, 0.15) is 4.88 Å². The van der Waals surface area contributed by atoms with Crippen molar-refractivity contribution in [3.05, 3.63) is 10.6 Å². The normalized spacial score (nSPS) is 12.1. The van der Waals surface area contributed by atoms with Crippen molar-refractivity contribution in [2.24, 2.45) is 0 Å². The van der Waals surface area contributed by atoms with Gasteiger partial charge in [0.2, 0.25) is 0 Å². The summed E-state index contributed by atoms with van der Waals surface area (Å²) >= 11 is 1.25. The van der Waals surface area contributed by atoms with Crippen LogP contribution in [0.25, 0.3) is 0 Å². The second-order valence-electron chi connectivity index (χ2n) is 4.27. The van der Waals surface area contributed by atoms with Crippen molar-refractivity contribution in [3.8, 4) is 0 Å². The fourth-order valence-corrected chi connectivity index (χ4v) is 2.88. The second kappa shape index (κ2) is 6.65. The summed E-state index contributed by atoms with van der Waals surface area (Å²) in [7, 11) is 1.29. The van der Waals surface area contributed by atoms with Crippen molar-refractivity contribution in [2.75, 3.05) is 18.6 Å². The molecule has 19 heavy (non-hydrogen) atoms. The number of methoxy groups -OCH3 is 1. The van der Waals surface area contributed by atoms with Crippen LogP contribution in [0.2, 0.25) is 0 Å². The Morgan fingerprint density at radius 1 is 1.42 bits per heavy atom. The lowest BCUT2D eigenvalue weighted by molar-refractivity contribution is 0.0591. The summed E-state index contributed by atoms with van der Waals surface area (Å²) in [5.41, 5.74) is 0.122. The van der Waals surface area contributed by atoms with Gasteiger partial charge in [0.15, 0.2) is 16.6 Å². The maximum absolute atomic E-state index is 11.7. The molecule has 0 saturated heterocycles. The molecule has 0 spiro atoms. The monoisotopic (exact) mass is 284 g/mol. The molecule has 0 aliphatic heterocycles. The van der Waals surface area contributed by atoms with Crippen molar-refractivity contribution in [3.63, 3.8) is 0 Å². The Balaban J connectivity index is 3.23. The number of Topliss-reactive ketones (excluding diaryl/α,β-unsaturated/α-hetero) is 1. The van der Waals surface area contributed by atoms with Crippen molar-refractivity contribution >= 4 is 28.2 Å². The minimum absolute atomic E-state index is 0.122. The topological polar surface area (TPSA) is 59.5 Å². The third-order valence-electron chi connectivity index (χ3n) is 3.02. The third kappa shape index (κ3) is 3.32. The summed E-state index contributed by atoms with van der Waals surface area (Å²) in [5.74, 6) is -0.725. The Hall–Kier alpha value is -1.43. The molecule has 0 saturated carbocycles. The molecule has 0 aromatic carbocycles. The quantitative estimate of drug-likeness (QED) is 0.594. The van der Waals surface area contributed by atoms with Gasteiger partial charge < -0.3 is 9.64 Å². The molecule has 0 aliphatic carbocycles. The second-order valence-corrected chi connectivity index (χ2v) is 5.24. The fourth-order valence-electron chi connectivity index (χ4n) is 1.76. The molecule has 106 valence electrons. The van der Waals surface area contributed by atoms with Gasteiger partial charge in [0.05, 0.1) is 7.11 Å². The van der Waals surface area contributed by atoms with E-state index in [1.54, 1.807) is 0 Å². The highest BCUT2D eigenvalue weighted by molar-refractivity contribution is 7.17. The van der Waals surface area contributed by atoms with Crippen LogP contribution in [0.3, 0.4) is 0 Å². The molecule has 0 N–H and O–H groups in total. The van der Waals surface area contributed by atoms with Crippen LogP contribution in [0, 0.1) is 0 Å². The third-order valence-corrected chi connectivity index (χ3v) is 4.22. The molecular formula is C13H20N2O3S. The number of nitrogens with zero attached hydrogens (tertiary/aromatic N) is 2. The Labute approximate surface area is 117 Å². The zero-order valence-corrected chi connectivity index (χ0v) is 12.8. The van der Waals surface area contributed by atoms with Gasteiger partial charge in [0, 0.05) is 19.5 Å². The van der Waals surface area contributed by atoms with Crippen LogP contribution in [-0.4, -0.2) is 36.4 Å². The van der Waals surface area contributed by atoms with Crippen LogP contribution in [0.5, 0.6) is 0 Å². The van der Waals surface area contributed by atoms with E-state index in [0.717, 1.165) is 13.0 Å². The SMILES string of the molecule is CCC(C)N(CC)c1nc(C(=O)OC)c(C(C)=O)s1. The largest absolute Gasteiger partial charge is 0.464 e. The van der Waals surface area contributed by atoms with Crippen molar-refractivity contribution in [1.29, 1.82) is 0 Å². The number of hydrogen-bond donors (Lipinski definition) is 0. The summed E-state index contributed by atoms with van der Waals surface area (Å²) in [6.07, 6.45) is 0.969. The lowest BCUT2D eigenvalue weighted by Crippen LogP contribution is -2.32. The van der Waals surface area contributed by atoms with E-state index >= 15 is 0 Å².